The maximum atomic E-state index is 11.7. The second kappa shape index (κ2) is 7.85. The average Bonchev–Trinajstić information content (AvgIpc) is 2.37. The van der Waals surface area contributed by atoms with E-state index in [1.54, 1.807) is 4.90 Å². The van der Waals surface area contributed by atoms with Crippen LogP contribution in [0.5, 0.6) is 0 Å². The molecule has 19 heavy (non-hydrogen) atoms. The summed E-state index contributed by atoms with van der Waals surface area (Å²) in [5.74, 6) is 0.901. The van der Waals surface area contributed by atoms with Gasteiger partial charge in [0.05, 0.1) is 6.54 Å². The highest BCUT2D eigenvalue weighted by Crippen LogP contribution is 2.14. The van der Waals surface area contributed by atoms with Crippen molar-refractivity contribution in [2.24, 2.45) is 5.92 Å². The summed E-state index contributed by atoms with van der Waals surface area (Å²) in [6.45, 7) is 9.46. The van der Waals surface area contributed by atoms with Crippen LogP contribution < -0.4 is 5.32 Å². The van der Waals surface area contributed by atoms with E-state index >= 15 is 0 Å². The summed E-state index contributed by atoms with van der Waals surface area (Å²) in [7, 11) is 3.65. The number of rotatable bonds is 6. The fraction of sp³-hybridized carbons (Fsp3) is 0.933. The topological polar surface area (TPSA) is 35.6 Å². The van der Waals surface area contributed by atoms with Gasteiger partial charge in [0.15, 0.2) is 0 Å². The Kier molecular flexibility index (Phi) is 6.80. The molecule has 0 aromatic heterocycles. The van der Waals surface area contributed by atoms with Gasteiger partial charge in [0.1, 0.15) is 0 Å². The number of likely N-dealkylation sites (N-methyl/N-ethyl adjacent to an activating group) is 1. The molecule has 0 aromatic carbocycles. The van der Waals surface area contributed by atoms with E-state index < -0.39 is 0 Å². The third-order valence-corrected chi connectivity index (χ3v) is 4.14. The number of nitrogens with zero attached hydrogens (tertiary/aromatic N) is 2. The van der Waals surface area contributed by atoms with Crippen LogP contribution in [-0.4, -0.2) is 61.5 Å². The molecule has 112 valence electrons. The Hall–Kier alpha value is -0.610. The third-order valence-electron chi connectivity index (χ3n) is 4.14. The standard InChI is InChI=1S/C15H31N3O/c1-6-14(12(2)3)16-13-7-9-18(10-8-13)11-15(19)17(4)5/h12-14,16H,6-11H2,1-5H3. The van der Waals surface area contributed by atoms with Crippen LogP contribution in [0.25, 0.3) is 0 Å². The van der Waals surface area contributed by atoms with Crippen molar-refractivity contribution in [3.05, 3.63) is 0 Å². The highest BCUT2D eigenvalue weighted by molar-refractivity contribution is 5.77. The van der Waals surface area contributed by atoms with Crippen LogP contribution in [0.2, 0.25) is 0 Å². The minimum atomic E-state index is 0.208. The molecule has 0 bridgehead atoms. The summed E-state index contributed by atoms with van der Waals surface area (Å²) in [6, 6.07) is 1.25. The van der Waals surface area contributed by atoms with Crippen LogP contribution in [0.1, 0.15) is 40.0 Å². The summed E-state index contributed by atoms with van der Waals surface area (Å²) in [5, 5.41) is 3.78. The molecular weight excluding hydrogens is 238 g/mol. The number of carbonyl (C=O) groups excluding carboxylic acids is 1. The van der Waals surface area contributed by atoms with Crippen molar-refractivity contribution in [1.29, 1.82) is 0 Å². The van der Waals surface area contributed by atoms with Crippen molar-refractivity contribution in [2.75, 3.05) is 33.7 Å². The maximum absolute atomic E-state index is 11.7. The molecule has 1 saturated heterocycles. The van der Waals surface area contributed by atoms with Gasteiger partial charge in [-0.05, 0) is 25.2 Å². The van der Waals surface area contributed by atoms with E-state index in [1.165, 1.54) is 6.42 Å². The Morgan fingerprint density at radius 2 is 1.89 bits per heavy atom. The second-order valence-corrected chi connectivity index (χ2v) is 6.26. The van der Waals surface area contributed by atoms with Gasteiger partial charge >= 0.3 is 0 Å². The Balaban J connectivity index is 2.30. The SMILES string of the molecule is CCC(NC1CCN(CC(=O)N(C)C)CC1)C(C)C. The fourth-order valence-electron chi connectivity index (χ4n) is 2.67. The number of amides is 1. The largest absolute Gasteiger partial charge is 0.348 e. The van der Waals surface area contributed by atoms with Gasteiger partial charge in [0.25, 0.3) is 0 Å². The van der Waals surface area contributed by atoms with Gasteiger partial charge < -0.3 is 10.2 Å². The highest BCUT2D eigenvalue weighted by Gasteiger charge is 2.23. The van der Waals surface area contributed by atoms with Crippen LogP contribution >= 0.6 is 0 Å². The predicted molar refractivity (Wildman–Crippen MR) is 80.2 cm³/mol. The Morgan fingerprint density at radius 1 is 1.32 bits per heavy atom. The van der Waals surface area contributed by atoms with Crippen molar-refractivity contribution < 1.29 is 4.79 Å². The van der Waals surface area contributed by atoms with Gasteiger partial charge in [0.2, 0.25) is 5.91 Å². The predicted octanol–water partition coefficient (Wildman–Crippen LogP) is 1.56. The van der Waals surface area contributed by atoms with Gasteiger partial charge in [-0.2, -0.15) is 0 Å². The van der Waals surface area contributed by atoms with Crippen LogP contribution in [-0.2, 0) is 4.79 Å². The summed E-state index contributed by atoms with van der Waals surface area (Å²) in [4.78, 5) is 15.6. The van der Waals surface area contributed by atoms with E-state index in [0.717, 1.165) is 25.9 Å². The molecule has 0 spiro atoms. The highest BCUT2D eigenvalue weighted by atomic mass is 16.2. The van der Waals surface area contributed by atoms with E-state index in [9.17, 15) is 4.79 Å². The summed E-state index contributed by atoms with van der Waals surface area (Å²) in [6.07, 6.45) is 3.50. The molecule has 0 radical (unpaired) electrons. The molecule has 4 nitrogen and oxygen atoms in total. The minimum Gasteiger partial charge on any atom is -0.348 e. The Morgan fingerprint density at radius 3 is 2.32 bits per heavy atom. The summed E-state index contributed by atoms with van der Waals surface area (Å²) in [5.41, 5.74) is 0. The van der Waals surface area contributed by atoms with Crippen molar-refractivity contribution in [1.82, 2.24) is 15.1 Å². The summed E-state index contributed by atoms with van der Waals surface area (Å²) >= 11 is 0. The first-order chi connectivity index (χ1) is 8.93. The zero-order valence-corrected chi connectivity index (χ0v) is 13.3. The van der Waals surface area contributed by atoms with Crippen LogP contribution in [0.3, 0.4) is 0 Å². The van der Waals surface area contributed by atoms with E-state index in [2.05, 4.69) is 31.0 Å². The zero-order valence-electron chi connectivity index (χ0n) is 13.3. The molecule has 1 heterocycles. The lowest BCUT2D eigenvalue weighted by molar-refractivity contribution is -0.130. The molecule has 0 saturated carbocycles. The molecule has 1 rings (SSSR count). The van der Waals surface area contributed by atoms with E-state index in [1.807, 2.05) is 14.1 Å². The van der Waals surface area contributed by atoms with Gasteiger partial charge in [-0.1, -0.05) is 20.8 Å². The normalized spacial score (nSPS) is 19.7. The first-order valence-corrected chi connectivity index (χ1v) is 7.62. The van der Waals surface area contributed by atoms with Crippen molar-refractivity contribution in [3.8, 4) is 0 Å². The third kappa shape index (κ3) is 5.49. The molecule has 1 aliphatic heterocycles. The van der Waals surface area contributed by atoms with Gasteiger partial charge in [-0.15, -0.1) is 0 Å². The number of carbonyl (C=O) groups is 1. The molecule has 1 fully saturated rings. The number of hydrogen-bond donors (Lipinski definition) is 1. The van der Waals surface area contributed by atoms with E-state index in [4.69, 9.17) is 0 Å². The first kappa shape index (κ1) is 16.4. The molecule has 1 amide bonds. The fourth-order valence-corrected chi connectivity index (χ4v) is 2.67. The minimum absolute atomic E-state index is 0.208. The lowest BCUT2D eigenvalue weighted by Crippen LogP contribution is -2.49. The van der Waals surface area contributed by atoms with Crippen molar-refractivity contribution in [2.45, 2.75) is 52.1 Å². The van der Waals surface area contributed by atoms with Crippen molar-refractivity contribution in [3.63, 3.8) is 0 Å². The zero-order chi connectivity index (χ0) is 14.4. The molecule has 1 aliphatic rings. The van der Waals surface area contributed by atoms with Crippen LogP contribution in [0, 0.1) is 5.92 Å². The monoisotopic (exact) mass is 269 g/mol. The van der Waals surface area contributed by atoms with Gasteiger partial charge in [0, 0.05) is 39.3 Å². The molecule has 1 unspecified atom stereocenters. The van der Waals surface area contributed by atoms with E-state index in [0.29, 0.717) is 24.5 Å². The van der Waals surface area contributed by atoms with Crippen LogP contribution in [0.15, 0.2) is 0 Å². The average molecular weight is 269 g/mol. The molecule has 0 aliphatic carbocycles. The number of piperidine rings is 1. The second-order valence-electron chi connectivity index (χ2n) is 6.26. The number of nitrogens with one attached hydrogen (secondary N) is 1. The lowest BCUT2D eigenvalue weighted by Gasteiger charge is -2.35. The van der Waals surface area contributed by atoms with Crippen molar-refractivity contribution >= 4 is 5.91 Å². The quantitative estimate of drug-likeness (QED) is 0.795. The smallest absolute Gasteiger partial charge is 0.236 e. The molecule has 1 atom stereocenters. The van der Waals surface area contributed by atoms with E-state index in [-0.39, 0.29) is 5.91 Å². The Labute approximate surface area is 118 Å². The summed E-state index contributed by atoms with van der Waals surface area (Å²) < 4.78 is 0. The number of hydrogen-bond acceptors (Lipinski definition) is 3. The molecule has 4 heteroatoms. The molecule has 0 aromatic rings. The first-order valence-electron chi connectivity index (χ1n) is 7.62. The molecule has 1 N–H and O–H groups in total. The molecular formula is C15H31N3O. The van der Waals surface area contributed by atoms with Crippen LogP contribution in [0.4, 0.5) is 0 Å². The maximum Gasteiger partial charge on any atom is 0.236 e. The van der Waals surface area contributed by atoms with Gasteiger partial charge in [-0.3, -0.25) is 9.69 Å². The number of likely N-dealkylation sites (tertiary alicyclic amines) is 1. The Bertz CT molecular complexity index is 271. The van der Waals surface area contributed by atoms with Gasteiger partial charge in [-0.25, -0.2) is 0 Å². The lowest BCUT2D eigenvalue weighted by atomic mass is 9.97.